The van der Waals surface area contributed by atoms with Gasteiger partial charge in [0.1, 0.15) is 0 Å². The Labute approximate surface area is 113 Å². The first kappa shape index (κ1) is 13.2. The minimum atomic E-state index is 0.493. The van der Waals surface area contributed by atoms with Gasteiger partial charge >= 0.3 is 0 Å². The second-order valence-corrected chi connectivity index (χ2v) is 5.66. The van der Waals surface area contributed by atoms with Gasteiger partial charge in [0.15, 0.2) is 0 Å². The standard InChI is InChI=1S/C15H20N2S/c1-4-16-10-13-14(12-8-6-5-7-9-12)18-15(17-13)11(2)3/h5-9,11,16H,4,10H2,1-3H3. The lowest BCUT2D eigenvalue weighted by molar-refractivity contribution is 0.709. The molecule has 0 saturated carbocycles. The lowest BCUT2D eigenvalue weighted by Crippen LogP contribution is -2.12. The summed E-state index contributed by atoms with van der Waals surface area (Å²) in [6, 6.07) is 10.5. The van der Waals surface area contributed by atoms with Crippen molar-refractivity contribution in [1.29, 1.82) is 0 Å². The zero-order valence-electron chi connectivity index (χ0n) is 11.2. The fraction of sp³-hybridized carbons (Fsp3) is 0.400. The molecule has 0 spiro atoms. The summed E-state index contributed by atoms with van der Waals surface area (Å²) >= 11 is 1.82. The molecule has 0 bridgehead atoms. The predicted octanol–water partition coefficient (Wildman–Crippen LogP) is 4.04. The van der Waals surface area contributed by atoms with Gasteiger partial charge in [-0.1, -0.05) is 51.1 Å². The van der Waals surface area contributed by atoms with E-state index in [-0.39, 0.29) is 0 Å². The predicted molar refractivity (Wildman–Crippen MR) is 79.0 cm³/mol. The summed E-state index contributed by atoms with van der Waals surface area (Å²) in [5.74, 6) is 0.493. The lowest BCUT2D eigenvalue weighted by Gasteiger charge is -2.02. The van der Waals surface area contributed by atoms with E-state index in [9.17, 15) is 0 Å². The van der Waals surface area contributed by atoms with Crippen LogP contribution in [0.2, 0.25) is 0 Å². The summed E-state index contributed by atoms with van der Waals surface area (Å²) in [6.45, 7) is 8.35. The molecule has 1 heterocycles. The molecule has 1 aromatic carbocycles. The highest BCUT2D eigenvalue weighted by molar-refractivity contribution is 7.15. The van der Waals surface area contributed by atoms with Gasteiger partial charge in [-0.25, -0.2) is 4.98 Å². The quantitative estimate of drug-likeness (QED) is 0.877. The van der Waals surface area contributed by atoms with Crippen molar-refractivity contribution in [3.05, 3.63) is 41.0 Å². The molecule has 0 aliphatic heterocycles. The molecule has 0 saturated heterocycles. The Morgan fingerprint density at radius 1 is 1.22 bits per heavy atom. The van der Waals surface area contributed by atoms with Crippen molar-refractivity contribution in [3.8, 4) is 10.4 Å². The van der Waals surface area contributed by atoms with E-state index >= 15 is 0 Å². The fourth-order valence-corrected chi connectivity index (χ4v) is 2.89. The van der Waals surface area contributed by atoms with Crippen molar-refractivity contribution in [1.82, 2.24) is 10.3 Å². The van der Waals surface area contributed by atoms with E-state index < -0.39 is 0 Å². The van der Waals surface area contributed by atoms with Crippen molar-refractivity contribution in [2.24, 2.45) is 0 Å². The largest absolute Gasteiger partial charge is 0.311 e. The maximum Gasteiger partial charge on any atom is 0.0960 e. The van der Waals surface area contributed by atoms with Gasteiger partial charge in [0.2, 0.25) is 0 Å². The molecule has 0 amide bonds. The van der Waals surface area contributed by atoms with Gasteiger partial charge in [-0.3, -0.25) is 0 Å². The number of aromatic nitrogens is 1. The Kier molecular flexibility index (Phi) is 4.50. The Hall–Kier alpha value is -1.19. The maximum atomic E-state index is 4.78. The summed E-state index contributed by atoms with van der Waals surface area (Å²) in [5, 5.41) is 4.59. The van der Waals surface area contributed by atoms with Gasteiger partial charge in [0.25, 0.3) is 0 Å². The van der Waals surface area contributed by atoms with Gasteiger partial charge in [-0.2, -0.15) is 0 Å². The third kappa shape index (κ3) is 2.98. The summed E-state index contributed by atoms with van der Waals surface area (Å²) < 4.78 is 0. The van der Waals surface area contributed by atoms with Crippen LogP contribution in [0.3, 0.4) is 0 Å². The number of nitrogens with one attached hydrogen (secondary N) is 1. The van der Waals surface area contributed by atoms with Crippen LogP contribution >= 0.6 is 11.3 Å². The average Bonchev–Trinajstić information content (AvgIpc) is 2.81. The Morgan fingerprint density at radius 3 is 2.56 bits per heavy atom. The highest BCUT2D eigenvalue weighted by Gasteiger charge is 2.14. The van der Waals surface area contributed by atoms with Gasteiger partial charge in [0.05, 0.1) is 15.6 Å². The molecular weight excluding hydrogens is 240 g/mol. The van der Waals surface area contributed by atoms with Crippen molar-refractivity contribution in [3.63, 3.8) is 0 Å². The molecule has 2 rings (SSSR count). The third-order valence-corrected chi connectivity index (χ3v) is 4.23. The van der Waals surface area contributed by atoms with E-state index in [4.69, 9.17) is 4.98 Å². The van der Waals surface area contributed by atoms with Crippen LogP contribution in [0.1, 0.15) is 37.4 Å². The first-order valence-corrected chi connectivity index (χ1v) is 7.29. The van der Waals surface area contributed by atoms with Crippen molar-refractivity contribution >= 4 is 11.3 Å². The minimum absolute atomic E-state index is 0.493. The summed E-state index contributed by atoms with van der Waals surface area (Å²) in [6.07, 6.45) is 0. The number of thiazole rings is 1. The van der Waals surface area contributed by atoms with Crippen LogP contribution in [-0.4, -0.2) is 11.5 Å². The molecule has 1 aromatic heterocycles. The fourth-order valence-electron chi connectivity index (χ4n) is 1.80. The molecule has 0 aliphatic rings. The van der Waals surface area contributed by atoms with Crippen LogP contribution in [0.5, 0.6) is 0 Å². The number of hydrogen-bond donors (Lipinski definition) is 1. The lowest BCUT2D eigenvalue weighted by atomic mass is 10.1. The van der Waals surface area contributed by atoms with Crippen LogP contribution in [0.15, 0.2) is 30.3 Å². The second kappa shape index (κ2) is 6.12. The molecule has 2 aromatic rings. The number of rotatable bonds is 5. The Morgan fingerprint density at radius 2 is 1.94 bits per heavy atom. The van der Waals surface area contributed by atoms with E-state index in [0.29, 0.717) is 5.92 Å². The number of nitrogens with zero attached hydrogens (tertiary/aromatic N) is 1. The summed E-state index contributed by atoms with van der Waals surface area (Å²) in [5.41, 5.74) is 2.45. The molecular formula is C15H20N2S. The zero-order valence-corrected chi connectivity index (χ0v) is 12.1. The maximum absolute atomic E-state index is 4.78. The monoisotopic (exact) mass is 260 g/mol. The van der Waals surface area contributed by atoms with Crippen molar-refractivity contribution in [2.45, 2.75) is 33.2 Å². The normalized spacial score (nSPS) is 11.1. The van der Waals surface area contributed by atoms with Gasteiger partial charge < -0.3 is 5.32 Å². The second-order valence-electron chi connectivity index (χ2n) is 4.63. The Balaban J connectivity index is 2.37. The molecule has 0 aliphatic carbocycles. The van der Waals surface area contributed by atoms with Crippen LogP contribution < -0.4 is 5.32 Å². The highest BCUT2D eigenvalue weighted by Crippen LogP contribution is 2.33. The van der Waals surface area contributed by atoms with Crippen LogP contribution in [-0.2, 0) is 6.54 Å². The van der Waals surface area contributed by atoms with Crippen LogP contribution in [0.25, 0.3) is 10.4 Å². The van der Waals surface area contributed by atoms with E-state index in [0.717, 1.165) is 13.1 Å². The third-order valence-electron chi connectivity index (χ3n) is 2.79. The van der Waals surface area contributed by atoms with Crippen molar-refractivity contribution < 1.29 is 0 Å². The number of hydrogen-bond acceptors (Lipinski definition) is 3. The average molecular weight is 260 g/mol. The zero-order chi connectivity index (χ0) is 13.0. The first-order chi connectivity index (χ1) is 8.72. The molecule has 96 valence electrons. The highest BCUT2D eigenvalue weighted by atomic mass is 32.1. The smallest absolute Gasteiger partial charge is 0.0960 e. The van der Waals surface area contributed by atoms with Crippen molar-refractivity contribution in [2.75, 3.05) is 6.54 Å². The van der Waals surface area contributed by atoms with E-state index in [2.05, 4.69) is 56.4 Å². The molecule has 0 atom stereocenters. The van der Waals surface area contributed by atoms with Crippen LogP contribution in [0, 0.1) is 0 Å². The van der Waals surface area contributed by atoms with E-state index in [1.807, 2.05) is 11.3 Å². The Bertz CT molecular complexity index is 488. The molecule has 2 nitrogen and oxygen atoms in total. The molecule has 18 heavy (non-hydrogen) atoms. The molecule has 0 radical (unpaired) electrons. The van der Waals surface area contributed by atoms with Gasteiger partial charge in [0, 0.05) is 12.5 Å². The summed E-state index contributed by atoms with van der Waals surface area (Å²) in [4.78, 5) is 6.09. The van der Waals surface area contributed by atoms with Gasteiger partial charge in [-0.15, -0.1) is 11.3 Å². The van der Waals surface area contributed by atoms with Gasteiger partial charge in [-0.05, 0) is 12.1 Å². The van der Waals surface area contributed by atoms with E-state index in [1.165, 1.54) is 21.1 Å². The van der Waals surface area contributed by atoms with Crippen LogP contribution in [0.4, 0.5) is 0 Å². The topological polar surface area (TPSA) is 24.9 Å². The number of benzene rings is 1. The molecule has 0 fully saturated rings. The SMILES string of the molecule is CCNCc1nc(C(C)C)sc1-c1ccccc1. The first-order valence-electron chi connectivity index (χ1n) is 6.48. The molecule has 3 heteroatoms. The minimum Gasteiger partial charge on any atom is -0.311 e. The van der Waals surface area contributed by atoms with E-state index in [1.54, 1.807) is 0 Å². The summed E-state index contributed by atoms with van der Waals surface area (Å²) in [7, 11) is 0. The molecule has 1 N–H and O–H groups in total. The molecule has 0 unspecified atom stereocenters.